The van der Waals surface area contributed by atoms with Gasteiger partial charge in [-0.25, -0.2) is 0 Å². The van der Waals surface area contributed by atoms with Gasteiger partial charge in [0.15, 0.2) is 0 Å². The summed E-state index contributed by atoms with van der Waals surface area (Å²) < 4.78 is 0. The Morgan fingerprint density at radius 1 is 1.69 bits per heavy atom. The fourth-order valence-corrected chi connectivity index (χ4v) is 1.31. The predicted molar refractivity (Wildman–Crippen MR) is 48.6 cm³/mol. The largest absolute Gasteiger partial charge is 0.481 e. The van der Waals surface area contributed by atoms with Gasteiger partial charge in [-0.05, 0) is 0 Å². The molecule has 0 aromatic rings. The van der Waals surface area contributed by atoms with Crippen LogP contribution in [0.4, 0.5) is 0 Å². The fourth-order valence-electron chi connectivity index (χ4n) is 1.31. The summed E-state index contributed by atoms with van der Waals surface area (Å²) in [4.78, 5) is 23.1. The summed E-state index contributed by atoms with van der Waals surface area (Å²) in [6.07, 6.45) is 0.120. The van der Waals surface area contributed by atoms with Crippen LogP contribution in [0.1, 0.15) is 6.42 Å². The van der Waals surface area contributed by atoms with Gasteiger partial charge >= 0.3 is 5.97 Å². The number of carboxylic acid groups (broad SMARTS) is 1. The Labute approximate surface area is 82.3 Å². The van der Waals surface area contributed by atoms with Crippen LogP contribution in [0.15, 0.2) is 0 Å². The molecule has 0 aliphatic carbocycles. The Balaban J connectivity index is 0.00000144. The van der Waals surface area contributed by atoms with Gasteiger partial charge in [-0.2, -0.15) is 0 Å². The molecule has 1 aliphatic heterocycles. The molecule has 0 aromatic carbocycles. The molecule has 0 spiro atoms. The monoisotopic (exact) mass is 208 g/mol. The van der Waals surface area contributed by atoms with E-state index in [0.717, 1.165) is 0 Å². The molecule has 76 valence electrons. The summed E-state index contributed by atoms with van der Waals surface area (Å²) in [6, 6.07) is 0. The van der Waals surface area contributed by atoms with Crippen LogP contribution in [-0.4, -0.2) is 41.5 Å². The fraction of sp³-hybridized carbons (Fsp3) is 0.714. The molecule has 1 saturated heterocycles. The first-order valence-electron chi connectivity index (χ1n) is 3.85. The zero-order valence-electron chi connectivity index (χ0n) is 7.10. The van der Waals surface area contributed by atoms with Gasteiger partial charge < -0.3 is 15.7 Å². The van der Waals surface area contributed by atoms with Crippen molar-refractivity contribution in [3.05, 3.63) is 0 Å². The third-order valence-electron chi connectivity index (χ3n) is 1.96. The van der Waals surface area contributed by atoms with Crippen molar-refractivity contribution in [2.45, 2.75) is 6.42 Å². The molecule has 6 heteroatoms. The molecule has 1 aliphatic rings. The van der Waals surface area contributed by atoms with Gasteiger partial charge in [0.25, 0.3) is 0 Å². The molecule has 0 saturated carbocycles. The minimum Gasteiger partial charge on any atom is -0.481 e. The zero-order chi connectivity index (χ0) is 9.14. The number of hydrogen-bond acceptors (Lipinski definition) is 3. The molecule has 1 atom stereocenters. The van der Waals surface area contributed by atoms with Crippen molar-refractivity contribution < 1.29 is 14.7 Å². The summed E-state index contributed by atoms with van der Waals surface area (Å²) in [6.45, 7) is 1.16. The molecule has 1 fully saturated rings. The number of hydrogen-bond donors (Lipinski definition) is 2. The molecular formula is C7H13ClN2O3. The highest BCUT2D eigenvalue weighted by Crippen LogP contribution is 2.16. The summed E-state index contributed by atoms with van der Waals surface area (Å²) in [5, 5.41) is 8.61. The number of amides is 1. The van der Waals surface area contributed by atoms with E-state index >= 15 is 0 Å². The van der Waals surface area contributed by atoms with Crippen LogP contribution in [0.25, 0.3) is 0 Å². The molecule has 5 nitrogen and oxygen atoms in total. The lowest BCUT2D eigenvalue weighted by Gasteiger charge is -2.13. The van der Waals surface area contributed by atoms with E-state index in [0.29, 0.717) is 19.6 Å². The van der Waals surface area contributed by atoms with Crippen LogP contribution in [0.3, 0.4) is 0 Å². The van der Waals surface area contributed by atoms with E-state index in [4.69, 9.17) is 10.8 Å². The summed E-state index contributed by atoms with van der Waals surface area (Å²) >= 11 is 0. The predicted octanol–water partition coefficient (Wildman–Crippen LogP) is -0.700. The lowest BCUT2D eigenvalue weighted by atomic mass is 10.1. The number of likely N-dealkylation sites (tertiary alicyclic amines) is 1. The first kappa shape index (κ1) is 12.2. The van der Waals surface area contributed by atoms with Crippen LogP contribution in [-0.2, 0) is 9.59 Å². The Kier molecular flexibility index (Phi) is 4.72. The molecule has 1 rings (SSSR count). The van der Waals surface area contributed by atoms with Crippen LogP contribution < -0.4 is 5.73 Å². The number of aliphatic carboxylic acids is 1. The third kappa shape index (κ3) is 2.86. The zero-order valence-corrected chi connectivity index (χ0v) is 7.92. The highest BCUT2D eigenvalue weighted by atomic mass is 35.5. The number of carbonyl (C=O) groups is 2. The van der Waals surface area contributed by atoms with Crippen molar-refractivity contribution in [2.75, 3.05) is 19.6 Å². The number of halogens is 1. The first-order valence-corrected chi connectivity index (χ1v) is 3.85. The van der Waals surface area contributed by atoms with Gasteiger partial charge in [-0.15, -0.1) is 12.4 Å². The number of nitrogens with two attached hydrogens (primary N) is 1. The number of rotatable bonds is 3. The Hall–Kier alpha value is -0.810. The number of nitrogens with zero attached hydrogens (tertiary/aromatic N) is 1. The maximum absolute atomic E-state index is 11.1. The topological polar surface area (TPSA) is 83.6 Å². The normalized spacial score (nSPS) is 21.5. The van der Waals surface area contributed by atoms with Crippen molar-refractivity contribution in [2.24, 2.45) is 11.7 Å². The van der Waals surface area contributed by atoms with E-state index in [1.165, 1.54) is 4.90 Å². The van der Waals surface area contributed by atoms with Crippen molar-refractivity contribution in [1.82, 2.24) is 4.90 Å². The van der Waals surface area contributed by atoms with Crippen molar-refractivity contribution >= 4 is 24.3 Å². The van der Waals surface area contributed by atoms with Gasteiger partial charge in [0, 0.05) is 26.1 Å². The molecule has 0 bridgehead atoms. The highest BCUT2D eigenvalue weighted by molar-refractivity contribution is 5.86. The third-order valence-corrected chi connectivity index (χ3v) is 1.96. The van der Waals surface area contributed by atoms with Gasteiger partial charge in [0.05, 0.1) is 5.92 Å². The van der Waals surface area contributed by atoms with Gasteiger partial charge in [-0.1, -0.05) is 0 Å². The average molecular weight is 209 g/mol. The maximum atomic E-state index is 11.1. The van der Waals surface area contributed by atoms with Crippen molar-refractivity contribution in [1.29, 1.82) is 0 Å². The molecule has 3 N–H and O–H groups in total. The van der Waals surface area contributed by atoms with E-state index in [1.54, 1.807) is 0 Å². The van der Waals surface area contributed by atoms with E-state index in [9.17, 15) is 9.59 Å². The number of carbonyl (C=O) groups excluding carboxylic acids is 1. The highest BCUT2D eigenvalue weighted by Gasteiger charge is 2.33. The van der Waals surface area contributed by atoms with Gasteiger partial charge in [0.1, 0.15) is 0 Å². The van der Waals surface area contributed by atoms with E-state index < -0.39 is 11.9 Å². The summed E-state index contributed by atoms with van der Waals surface area (Å²) in [5.41, 5.74) is 5.25. The summed E-state index contributed by atoms with van der Waals surface area (Å²) in [7, 11) is 0. The Morgan fingerprint density at radius 3 is 2.69 bits per heavy atom. The SMILES string of the molecule is Cl.NCCN1CC(C(=O)O)CC1=O. The van der Waals surface area contributed by atoms with Crippen LogP contribution >= 0.6 is 12.4 Å². The molecule has 1 unspecified atom stereocenters. The molecule has 0 aromatic heterocycles. The first-order chi connectivity index (χ1) is 5.65. The number of carboxylic acids is 1. The maximum Gasteiger partial charge on any atom is 0.308 e. The second kappa shape index (κ2) is 5.04. The van der Waals surface area contributed by atoms with Crippen LogP contribution in [0.5, 0.6) is 0 Å². The lowest BCUT2D eigenvalue weighted by Crippen LogP contribution is -2.31. The second-order valence-corrected chi connectivity index (χ2v) is 2.87. The standard InChI is InChI=1S/C7H12N2O3.ClH/c8-1-2-9-4-5(7(11)12)3-6(9)10;/h5H,1-4,8H2,(H,11,12);1H. The molecule has 0 radical (unpaired) electrons. The average Bonchev–Trinajstić information content (AvgIpc) is 2.34. The molecule has 1 amide bonds. The minimum absolute atomic E-state index is 0. The quantitative estimate of drug-likeness (QED) is 0.643. The van der Waals surface area contributed by atoms with Gasteiger partial charge in [0.2, 0.25) is 5.91 Å². The molecule has 1 heterocycles. The van der Waals surface area contributed by atoms with E-state index in [2.05, 4.69) is 0 Å². The second-order valence-electron chi connectivity index (χ2n) is 2.87. The van der Waals surface area contributed by atoms with Crippen molar-refractivity contribution in [3.63, 3.8) is 0 Å². The minimum atomic E-state index is -0.900. The summed E-state index contributed by atoms with van der Waals surface area (Å²) in [5.74, 6) is -1.54. The Morgan fingerprint density at radius 2 is 2.31 bits per heavy atom. The van der Waals surface area contributed by atoms with E-state index in [1.807, 2.05) is 0 Å². The van der Waals surface area contributed by atoms with Crippen molar-refractivity contribution in [3.8, 4) is 0 Å². The lowest BCUT2D eigenvalue weighted by molar-refractivity contribution is -0.141. The van der Waals surface area contributed by atoms with Crippen LogP contribution in [0.2, 0.25) is 0 Å². The van der Waals surface area contributed by atoms with E-state index in [-0.39, 0.29) is 24.7 Å². The Bertz CT molecular complexity index is 210. The molecule has 13 heavy (non-hydrogen) atoms. The smallest absolute Gasteiger partial charge is 0.308 e. The van der Waals surface area contributed by atoms with Gasteiger partial charge in [-0.3, -0.25) is 9.59 Å². The molecular weight excluding hydrogens is 196 g/mol. The van der Waals surface area contributed by atoms with Crippen LogP contribution in [0, 0.1) is 5.92 Å².